The third-order valence-electron chi connectivity index (χ3n) is 1.39. The number of benzene rings is 1. The van der Waals surface area contributed by atoms with Crippen LogP contribution in [0.15, 0.2) is 24.4 Å². The molecule has 1 N–H and O–H groups in total. The Balaban J connectivity index is 3.06. The van der Waals surface area contributed by atoms with Crippen molar-refractivity contribution in [3.63, 3.8) is 0 Å². The molecule has 13 heavy (non-hydrogen) atoms. The van der Waals surface area contributed by atoms with Crippen molar-refractivity contribution >= 4 is 17.7 Å². The van der Waals surface area contributed by atoms with Crippen LogP contribution < -0.4 is 0 Å². The van der Waals surface area contributed by atoms with Crippen LogP contribution in [0.25, 0.3) is 6.08 Å². The van der Waals surface area contributed by atoms with E-state index in [0.29, 0.717) is 0 Å². The second-order valence-electron chi connectivity index (χ2n) is 2.27. The summed E-state index contributed by atoms with van der Waals surface area (Å²) in [6, 6.07) is 4.51. The Kier molecular flexibility index (Phi) is 2.87. The minimum Gasteiger partial charge on any atom is -0.507 e. The van der Waals surface area contributed by atoms with Gasteiger partial charge in [-0.05, 0) is 12.1 Å². The zero-order chi connectivity index (χ0) is 9.84. The summed E-state index contributed by atoms with van der Waals surface area (Å²) in [5.41, 5.74) is 0.251. The number of phenols is 1. The lowest BCUT2D eigenvalue weighted by atomic mass is 10.2. The number of nitro groups is 1. The summed E-state index contributed by atoms with van der Waals surface area (Å²) in [6.45, 7) is 0. The third-order valence-corrected chi connectivity index (χ3v) is 1.72. The van der Waals surface area contributed by atoms with Crippen molar-refractivity contribution in [1.29, 1.82) is 0 Å². The van der Waals surface area contributed by atoms with Crippen LogP contribution in [0, 0.1) is 10.1 Å². The Hall–Kier alpha value is -1.55. The summed E-state index contributed by atoms with van der Waals surface area (Å²) >= 11 is 5.68. The Morgan fingerprint density at radius 2 is 2.23 bits per heavy atom. The van der Waals surface area contributed by atoms with Crippen LogP contribution in [0.1, 0.15) is 5.56 Å². The molecule has 0 atom stereocenters. The maximum Gasteiger partial charge on any atom is 0.235 e. The highest BCUT2D eigenvalue weighted by Crippen LogP contribution is 2.26. The van der Waals surface area contributed by atoms with Crippen molar-refractivity contribution in [3.8, 4) is 5.75 Å². The summed E-state index contributed by atoms with van der Waals surface area (Å²) in [5, 5.41) is 19.5. The molecule has 0 saturated carbocycles. The van der Waals surface area contributed by atoms with Crippen LogP contribution in [0.2, 0.25) is 5.02 Å². The van der Waals surface area contributed by atoms with E-state index in [0.717, 1.165) is 12.3 Å². The number of phenolic OH excluding ortho intramolecular Hbond substituents is 1. The standard InChI is InChI=1S/C8H6ClNO3/c9-7-2-1-3-8(11)6(7)4-5-10(12)13/h1-5,11H/b5-4+. The van der Waals surface area contributed by atoms with Gasteiger partial charge in [-0.1, -0.05) is 17.7 Å². The van der Waals surface area contributed by atoms with E-state index >= 15 is 0 Å². The maximum atomic E-state index is 9.99. The molecule has 0 aliphatic carbocycles. The maximum absolute atomic E-state index is 9.99. The smallest absolute Gasteiger partial charge is 0.235 e. The van der Waals surface area contributed by atoms with Gasteiger partial charge >= 0.3 is 0 Å². The van der Waals surface area contributed by atoms with Gasteiger partial charge in [-0.3, -0.25) is 10.1 Å². The third kappa shape index (κ3) is 2.45. The Morgan fingerprint density at radius 3 is 2.77 bits per heavy atom. The van der Waals surface area contributed by atoms with E-state index < -0.39 is 4.92 Å². The van der Waals surface area contributed by atoms with E-state index in [-0.39, 0.29) is 16.3 Å². The van der Waals surface area contributed by atoms with Gasteiger partial charge in [0, 0.05) is 11.6 Å². The van der Waals surface area contributed by atoms with Crippen LogP contribution >= 0.6 is 11.6 Å². The molecule has 0 amide bonds. The monoisotopic (exact) mass is 199 g/mol. The largest absolute Gasteiger partial charge is 0.507 e. The molecular formula is C8H6ClNO3. The molecule has 0 radical (unpaired) electrons. The molecule has 0 aliphatic rings. The first kappa shape index (κ1) is 9.54. The Morgan fingerprint density at radius 1 is 1.54 bits per heavy atom. The van der Waals surface area contributed by atoms with Gasteiger partial charge in [0.25, 0.3) is 0 Å². The van der Waals surface area contributed by atoms with Gasteiger partial charge in [0.05, 0.1) is 9.95 Å². The van der Waals surface area contributed by atoms with E-state index in [1.54, 1.807) is 12.1 Å². The van der Waals surface area contributed by atoms with E-state index in [1.165, 1.54) is 6.07 Å². The van der Waals surface area contributed by atoms with Gasteiger partial charge in [0.1, 0.15) is 5.75 Å². The molecule has 0 spiro atoms. The van der Waals surface area contributed by atoms with Crippen molar-refractivity contribution < 1.29 is 10.0 Å². The molecule has 1 rings (SSSR count). The quantitative estimate of drug-likeness (QED) is 0.587. The number of aromatic hydroxyl groups is 1. The van der Waals surface area contributed by atoms with Crippen molar-refractivity contribution in [3.05, 3.63) is 45.1 Å². The number of nitrogens with zero attached hydrogens (tertiary/aromatic N) is 1. The van der Waals surface area contributed by atoms with Crippen molar-refractivity contribution in [2.45, 2.75) is 0 Å². The van der Waals surface area contributed by atoms with Crippen LogP contribution in [0.5, 0.6) is 5.75 Å². The van der Waals surface area contributed by atoms with Crippen molar-refractivity contribution in [1.82, 2.24) is 0 Å². The summed E-state index contributed by atoms with van der Waals surface area (Å²) in [7, 11) is 0. The normalized spacial score (nSPS) is 10.5. The van der Waals surface area contributed by atoms with Gasteiger partial charge in [0.15, 0.2) is 0 Å². The van der Waals surface area contributed by atoms with Crippen LogP contribution in [0.3, 0.4) is 0 Å². The summed E-state index contributed by atoms with van der Waals surface area (Å²) in [4.78, 5) is 9.37. The summed E-state index contributed by atoms with van der Waals surface area (Å²) in [5.74, 6) is -0.0781. The second kappa shape index (κ2) is 3.91. The van der Waals surface area contributed by atoms with Gasteiger partial charge in [0.2, 0.25) is 6.20 Å². The van der Waals surface area contributed by atoms with E-state index in [2.05, 4.69) is 0 Å². The molecule has 0 bridgehead atoms. The molecule has 1 aromatic rings. The highest BCUT2D eigenvalue weighted by atomic mass is 35.5. The average molecular weight is 200 g/mol. The molecular weight excluding hydrogens is 194 g/mol. The zero-order valence-electron chi connectivity index (χ0n) is 6.48. The van der Waals surface area contributed by atoms with Gasteiger partial charge in [-0.2, -0.15) is 0 Å². The molecule has 1 aromatic carbocycles. The van der Waals surface area contributed by atoms with E-state index in [1.807, 2.05) is 0 Å². The first-order valence-corrected chi connectivity index (χ1v) is 3.78. The first-order chi connectivity index (χ1) is 6.11. The van der Waals surface area contributed by atoms with Crippen LogP contribution in [-0.2, 0) is 0 Å². The SMILES string of the molecule is O=[N+]([O-])/C=C/c1c(O)cccc1Cl. The highest BCUT2D eigenvalue weighted by Gasteiger charge is 2.02. The molecule has 0 heterocycles. The number of hydrogen-bond acceptors (Lipinski definition) is 3. The van der Waals surface area contributed by atoms with Gasteiger partial charge < -0.3 is 5.11 Å². The van der Waals surface area contributed by atoms with E-state index in [4.69, 9.17) is 11.6 Å². The summed E-state index contributed by atoms with van der Waals surface area (Å²) in [6.07, 6.45) is 1.87. The fourth-order valence-electron chi connectivity index (χ4n) is 0.826. The minimum absolute atomic E-state index is 0.0781. The molecule has 0 aliphatic heterocycles. The molecule has 0 aromatic heterocycles. The van der Waals surface area contributed by atoms with Gasteiger partial charge in [-0.15, -0.1) is 0 Å². The second-order valence-corrected chi connectivity index (χ2v) is 2.68. The molecule has 0 fully saturated rings. The first-order valence-electron chi connectivity index (χ1n) is 3.40. The van der Waals surface area contributed by atoms with Crippen molar-refractivity contribution in [2.24, 2.45) is 0 Å². The van der Waals surface area contributed by atoms with E-state index in [9.17, 15) is 15.2 Å². The lowest BCUT2D eigenvalue weighted by Crippen LogP contribution is -1.83. The zero-order valence-corrected chi connectivity index (χ0v) is 7.23. The number of rotatable bonds is 2. The predicted molar refractivity (Wildman–Crippen MR) is 49.1 cm³/mol. The molecule has 4 nitrogen and oxygen atoms in total. The predicted octanol–water partition coefficient (Wildman–Crippen LogP) is 2.29. The lowest BCUT2D eigenvalue weighted by Gasteiger charge is -1.98. The molecule has 0 unspecified atom stereocenters. The van der Waals surface area contributed by atoms with Crippen molar-refractivity contribution in [2.75, 3.05) is 0 Å². The fraction of sp³-hybridized carbons (Fsp3) is 0. The molecule has 68 valence electrons. The minimum atomic E-state index is -0.622. The Labute approximate surface area is 79.2 Å². The highest BCUT2D eigenvalue weighted by molar-refractivity contribution is 6.32. The Bertz CT molecular complexity index is 342. The molecule has 5 heteroatoms. The van der Waals surface area contributed by atoms with Gasteiger partial charge in [-0.25, -0.2) is 0 Å². The number of halogens is 1. The van der Waals surface area contributed by atoms with Crippen LogP contribution in [0.4, 0.5) is 0 Å². The average Bonchev–Trinajstić information content (AvgIpc) is 2.03. The fourth-order valence-corrected chi connectivity index (χ4v) is 1.06. The topological polar surface area (TPSA) is 63.4 Å². The number of hydrogen-bond donors (Lipinski definition) is 1. The summed E-state index contributed by atoms with van der Waals surface area (Å²) < 4.78 is 0. The molecule has 0 saturated heterocycles. The van der Waals surface area contributed by atoms with Crippen LogP contribution in [-0.4, -0.2) is 10.0 Å². The lowest BCUT2D eigenvalue weighted by molar-refractivity contribution is -0.400.